The SMILES string of the molecule is N#CCc1ccc(NC(=O)c2cc(N)c(F)cc2F)cc1. The van der Waals surface area contributed by atoms with Crippen molar-refractivity contribution < 1.29 is 13.6 Å². The Morgan fingerprint density at radius 2 is 1.86 bits per heavy atom. The summed E-state index contributed by atoms with van der Waals surface area (Å²) in [6, 6.07) is 10.1. The highest BCUT2D eigenvalue weighted by atomic mass is 19.1. The second-order valence-electron chi connectivity index (χ2n) is 4.34. The monoisotopic (exact) mass is 287 g/mol. The molecule has 0 saturated heterocycles. The number of amides is 1. The van der Waals surface area contributed by atoms with Crippen molar-refractivity contribution in [2.75, 3.05) is 11.1 Å². The van der Waals surface area contributed by atoms with Crippen LogP contribution in [0.1, 0.15) is 15.9 Å². The summed E-state index contributed by atoms with van der Waals surface area (Å²) in [6.45, 7) is 0. The largest absolute Gasteiger partial charge is 0.396 e. The zero-order valence-electron chi connectivity index (χ0n) is 10.9. The van der Waals surface area contributed by atoms with Crippen molar-refractivity contribution in [3.8, 4) is 6.07 Å². The Bertz CT molecular complexity index is 721. The summed E-state index contributed by atoms with van der Waals surface area (Å²) in [4.78, 5) is 11.9. The molecule has 0 aliphatic carbocycles. The zero-order valence-corrected chi connectivity index (χ0v) is 10.9. The number of benzene rings is 2. The standard InChI is InChI=1S/C15H11F2N3O/c16-12-8-13(17)14(19)7-11(12)15(21)20-10-3-1-9(2-4-10)5-6-18/h1-4,7-8H,5,19H2,(H,20,21). The van der Waals surface area contributed by atoms with Crippen LogP contribution in [0.25, 0.3) is 0 Å². The number of anilines is 2. The highest BCUT2D eigenvalue weighted by Crippen LogP contribution is 2.18. The number of nitrogens with one attached hydrogen (secondary N) is 1. The lowest BCUT2D eigenvalue weighted by atomic mass is 10.1. The second kappa shape index (κ2) is 6.01. The normalized spacial score (nSPS) is 9.95. The third-order valence-electron chi connectivity index (χ3n) is 2.83. The predicted octanol–water partition coefficient (Wildman–Crippen LogP) is 2.87. The van der Waals surface area contributed by atoms with Gasteiger partial charge in [-0.1, -0.05) is 12.1 Å². The number of halogens is 2. The predicted molar refractivity (Wildman–Crippen MR) is 74.5 cm³/mol. The van der Waals surface area contributed by atoms with E-state index in [9.17, 15) is 13.6 Å². The molecule has 0 heterocycles. The first-order chi connectivity index (χ1) is 10.0. The molecule has 0 bridgehead atoms. The van der Waals surface area contributed by atoms with Crippen LogP contribution in [-0.2, 0) is 6.42 Å². The molecule has 6 heteroatoms. The molecule has 1 amide bonds. The average molecular weight is 287 g/mol. The molecule has 0 saturated carbocycles. The van der Waals surface area contributed by atoms with Crippen molar-refractivity contribution >= 4 is 17.3 Å². The summed E-state index contributed by atoms with van der Waals surface area (Å²) in [5.74, 6) is -2.63. The van der Waals surface area contributed by atoms with Gasteiger partial charge in [0.2, 0.25) is 0 Å². The number of nitrogen functional groups attached to an aromatic ring is 1. The molecule has 2 aromatic carbocycles. The number of carbonyl (C=O) groups is 1. The summed E-state index contributed by atoms with van der Waals surface area (Å²) in [6.07, 6.45) is 0.261. The van der Waals surface area contributed by atoms with Gasteiger partial charge in [0.1, 0.15) is 11.6 Å². The van der Waals surface area contributed by atoms with E-state index < -0.39 is 17.5 Å². The van der Waals surface area contributed by atoms with Gasteiger partial charge < -0.3 is 11.1 Å². The maximum atomic E-state index is 13.6. The Morgan fingerprint density at radius 1 is 1.19 bits per heavy atom. The molecule has 0 unspecified atom stereocenters. The van der Waals surface area contributed by atoms with E-state index in [1.807, 2.05) is 6.07 Å². The number of nitriles is 1. The molecular weight excluding hydrogens is 276 g/mol. The third kappa shape index (κ3) is 3.34. The molecule has 2 rings (SSSR count). The van der Waals surface area contributed by atoms with Gasteiger partial charge >= 0.3 is 0 Å². The molecule has 0 aliphatic rings. The molecule has 0 spiro atoms. The van der Waals surface area contributed by atoms with Crippen LogP contribution in [0.15, 0.2) is 36.4 Å². The molecule has 0 aliphatic heterocycles. The van der Waals surface area contributed by atoms with E-state index >= 15 is 0 Å². The van der Waals surface area contributed by atoms with Gasteiger partial charge in [0, 0.05) is 11.8 Å². The van der Waals surface area contributed by atoms with Gasteiger partial charge in [-0.15, -0.1) is 0 Å². The van der Waals surface area contributed by atoms with Gasteiger partial charge in [0.25, 0.3) is 5.91 Å². The van der Waals surface area contributed by atoms with Crippen LogP contribution >= 0.6 is 0 Å². The fourth-order valence-corrected chi connectivity index (χ4v) is 1.74. The Labute approximate surface area is 119 Å². The number of nitrogens with two attached hydrogens (primary N) is 1. The van der Waals surface area contributed by atoms with Crippen LogP contribution in [0.5, 0.6) is 0 Å². The fourth-order valence-electron chi connectivity index (χ4n) is 1.74. The average Bonchev–Trinajstić information content (AvgIpc) is 2.45. The van der Waals surface area contributed by atoms with E-state index in [1.165, 1.54) is 0 Å². The van der Waals surface area contributed by atoms with Gasteiger partial charge in [-0.25, -0.2) is 8.78 Å². The van der Waals surface area contributed by atoms with Crippen molar-refractivity contribution in [3.05, 3.63) is 59.2 Å². The molecule has 0 radical (unpaired) electrons. The Morgan fingerprint density at radius 3 is 2.48 bits per heavy atom. The van der Waals surface area contributed by atoms with Crippen LogP contribution in [0.4, 0.5) is 20.2 Å². The Balaban J connectivity index is 2.18. The minimum Gasteiger partial charge on any atom is -0.396 e. The summed E-state index contributed by atoms with van der Waals surface area (Å²) in [7, 11) is 0. The van der Waals surface area contributed by atoms with Crippen LogP contribution in [0.2, 0.25) is 0 Å². The molecule has 4 nitrogen and oxygen atoms in total. The number of rotatable bonds is 3. The highest BCUT2D eigenvalue weighted by Gasteiger charge is 2.15. The summed E-state index contributed by atoms with van der Waals surface area (Å²) >= 11 is 0. The van der Waals surface area contributed by atoms with Crippen molar-refractivity contribution in [3.63, 3.8) is 0 Å². The third-order valence-corrected chi connectivity index (χ3v) is 2.83. The lowest BCUT2D eigenvalue weighted by Gasteiger charge is -2.08. The van der Waals surface area contributed by atoms with E-state index in [-0.39, 0.29) is 17.7 Å². The number of hydrogen-bond donors (Lipinski definition) is 2. The van der Waals surface area contributed by atoms with Crippen molar-refractivity contribution in [2.45, 2.75) is 6.42 Å². The molecule has 3 N–H and O–H groups in total. The zero-order chi connectivity index (χ0) is 15.4. The molecule has 0 aromatic heterocycles. The summed E-state index contributed by atoms with van der Waals surface area (Å²) in [5.41, 5.74) is 5.92. The molecular formula is C15H11F2N3O. The maximum absolute atomic E-state index is 13.6. The van der Waals surface area contributed by atoms with Gasteiger partial charge in [0.15, 0.2) is 0 Å². The van der Waals surface area contributed by atoms with E-state index in [4.69, 9.17) is 11.0 Å². The summed E-state index contributed by atoms with van der Waals surface area (Å²) in [5, 5.41) is 11.0. The Kier molecular flexibility index (Phi) is 4.14. The van der Waals surface area contributed by atoms with Gasteiger partial charge in [-0.2, -0.15) is 5.26 Å². The number of hydrogen-bond acceptors (Lipinski definition) is 3. The minimum absolute atomic E-state index is 0.261. The first-order valence-electron chi connectivity index (χ1n) is 6.03. The Hall–Kier alpha value is -2.94. The fraction of sp³-hybridized carbons (Fsp3) is 0.0667. The van der Waals surface area contributed by atoms with Crippen LogP contribution in [-0.4, -0.2) is 5.91 Å². The lowest BCUT2D eigenvalue weighted by molar-refractivity contribution is 0.102. The first kappa shape index (κ1) is 14.5. The minimum atomic E-state index is -0.986. The molecule has 21 heavy (non-hydrogen) atoms. The smallest absolute Gasteiger partial charge is 0.258 e. The maximum Gasteiger partial charge on any atom is 0.258 e. The molecule has 0 fully saturated rings. The van der Waals surface area contributed by atoms with E-state index in [0.717, 1.165) is 11.6 Å². The number of carbonyl (C=O) groups excluding carboxylic acids is 1. The van der Waals surface area contributed by atoms with E-state index in [2.05, 4.69) is 5.32 Å². The lowest BCUT2D eigenvalue weighted by Crippen LogP contribution is -2.14. The first-order valence-corrected chi connectivity index (χ1v) is 6.03. The van der Waals surface area contributed by atoms with Crippen molar-refractivity contribution in [2.24, 2.45) is 0 Å². The molecule has 0 atom stereocenters. The van der Waals surface area contributed by atoms with Gasteiger partial charge in [-0.05, 0) is 23.8 Å². The van der Waals surface area contributed by atoms with E-state index in [0.29, 0.717) is 11.8 Å². The van der Waals surface area contributed by atoms with E-state index in [1.54, 1.807) is 24.3 Å². The second-order valence-corrected chi connectivity index (χ2v) is 4.34. The summed E-state index contributed by atoms with van der Waals surface area (Å²) < 4.78 is 26.6. The van der Waals surface area contributed by atoms with Gasteiger partial charge in [-0.3, -0.25) is 4.79 Å². The van der Waals surface area contributed by atoms with Crippen LogP contribution < -0.4 is 11.1 Å². The van der Waals surface area contributed by atoms with Gasteiger partial charge in [0.05, 0.1) is 23.7 Å². The van der Waals surface area contributed by atoms with Crippen molar-refractivity contribution in [1.82, 2.24) is 0 Å². The topological polar surface area (TPSA) is 78.9 Å². The highest BCUT2D eigenvalue weighted by molar-refractivity contribution is 6.05. The van der Waals surface area contributed by atoms with Crippen LogP contribution in [0, 0.1) is 23.0 Å². The molecule has 2 aromatic rings. The van der Waals surface area contributed by atoms with Crippen LogP contribution in [0.3, 0.4) is 0 Å². The quantitative estimate of drug-likeness (QED) is 0.852. The number of nitrogens with zero attached hydrogens (tertiary/aromatic N) is 1. The van der Waals surface area contributed by atoms with Crippen molar-refractivity contribution in [1.29, 1.82) is 5.26 Å². The molecule has 106 valence electrons.